The van der Waals surface area contributed by atoms with Gasteiger partial charge in [-0.15, -0.1) is 13.2 Å². The molecule has 0 bridgehead atoms. The number of amides is 1. The second-order valence-electron chi connectivity index (χ2n) is 6.61. The van der Waals surface area contributed by atoms with Crippen LogP contribution in [-0.4, -0.2) is 28.2 Å². The summed E-state index contributed by atoms with van der Waals surface area (Å²) in [7, 11) is 0. The van der Waals surface area contributed by atoms with Crippen molar-refractivity contribution in [1.29, 1.82) is 0 Å². The molecular formula is C17H18F6N4O2. The maximum absolute atomic E-state index is 12.8. The number of hydrogen-bond acceptors (Lipinski definition) is 4. The van der Waals surface area contributed by atoms with Gasteiger partial charge in [-0.25, -0.2) is 4.68 Å². The van der Waals surface area contributed by atoms with Gasteiger partial charge in [0.15, 0.2) is 0 Å². The molecule has 1 heterocycles. The molecule has 1 amide bonds. The molecule has 29 heavy (non-hydrogen) atoms. The monoisotopic (exact) mass is 424 g/mol. The maximum Gasteiger partial charge on any atom is 0.573 e. The number of nitrogens with two attached hydrogens (primary N) is 2. The van der Waals surface area contributed by atoms with Crippen molar-refractivity contribution in [3.8, 4) is 5.75 Å². The minimum absolute atomic E-state index is 0.300. The van der Waals surface area contributed by atoms with Crippen LogP contribution in [-0.2, 0) is 6.42 Å². The van der Waals surface area contributed by atoms with E-state index in [0.29, 0.717) is 5.56 Å². The van der Waals surface area contributed by atoms with Crippen molar-refractivity contribution in [3.63, 3.8) is 0 Å². The summed E-state index contributed by atoms with van der Waals surface area (Å²) in [6.45, 7) is 3.42. The Morgan fingerprint density at radius 1 is 1.14 bits per heavy atom. The third kappa shape index (κ3) is 5.55. The number of nitrogen functional groups attached to an aromatic ring is 1. The lowest BCUT2D eigenvalue weighted by Crippen LogP contribution is -2.21. The molecule has 6 nitrogen and oxygen atoms in total. The molecule has 1 unspecified atom stereocenters. The summed E-state index contributed by atoms with van der Waals surface area (Å²) < 4.78 is 80.3. The van der Waals surface area contributed by atoms with E-state index < -0.39 is 47.9 Å². The zero-order valence-corrected chi connectivity index (χ0v) is 15.3. The number of alkyl halides is 6. The van der Waals surface area contributed by atoms with Crippen LogP contribution < -0.4 is 16.2 Å². The number of aromatic nitrogens is 2. The fourth-order valence-corrected chi connectivity index (χ4v) is 2.97. The summed E-state index contributed by atoms with van der Waals surface area (Å²) in [5, 5.41) is 3.86. The van der Waals surface area contributed by atoms with Gasteiger partial charge in [-0.2, -0.15) is 18.3 Å². The maximum atomic E-state index is 12.8. The van der Waals surface area contributed by atoms with Crippen LogP contribution in [0, 0.1) is 5.92 Å². The summed E-state index contributed by atoms with van der Waals surface area (Å²) in [5.74, 6) is -2.28. The summed E-state index contributed by atoms with van der Waals surface area (Å²) in [4.78, 5) is 11.6. The van der Waals surface area contributed by atoms with Crippen molar-refractivity contribution < 1.29 is 35.9 Å². The molecule has 0 aliphatic heterocycles. The smallest absolute Gasteiger partial charge is 0.406 e. The van der Waals surface area contributed by atoms with E-state index in [1.165, 1.54) is 12.1 Å². The average molecular weight is 424 g/mol. The fourth-order valence-electron chi connectivity index (χ4n) is 2.97. The zero-order chi connectivity index (χ0) is 22.1. The quantitative estimate of drug-likeness (QED) is 0.690. The molecule has 0 aliphatic rings. The standard InChI is InChI=1S/C17H18F6N4O2/c1-8(2)13(9-3-5-10(6-4-9)29-17(21,22)23)27-14(24)12(15(25)28)11(26-27)7-16(18,19)20/h3-6,8,13H,7,24H2,1-2H3,(H2,25,28). The lowest BCUT2D eigenvalue weighted by molar-refractivity contribution is -0.274. The molecule has 0 saturated heterocycles. The van der Waals surface area contributed by atoms with Crippen LogP contribution in [0.5, 0.6) is 5.75 Å². The largest absolute Gasteiger partial charge is 0.573 e. The van der Waals surface area contributed by atoms with E-state index >= 15 is 0 Å². The topological polar surface area (TPSA) is 96.2 Å². The molecule has 1 aromatic carbocycles. The highest BCUT2D eigenvalue weighted by atomic mass is 19.4. The van der Waals surface area contributed by atoms with E-state index in [0.717, 1.165) is 16.8 Å². The number of anilines is 1. The normalized spacial score (nSPS) is 13.6. The average Bonchev–Trinajstić information content (AvgIpc) is 2.81. The van der Waals surface area contributed by atoms with E-state index in [1.54, 1.807) is 13.8 Å². The van der Waals surface area contributed by atoms with Gasteiger partial charge < -0.3 is 16.2 Å². The van der Waals surface area contributed by atoms with Crippen molar-refractivity contribution in [3.05, 3.63) is 41.1 Å². The molecule has 1 aromatic heterocycles. The highest BCUT2D eigenvalue weighted by Gasteiger charge is 2.35. The van der Waals surface area contributed by atoms with Crippen molar-refractivity contribution in [2.24, 2.45) is 11.7 Å². The minimum atomic E-state index is -4.87. The van der Waals surface area contributed by atoms with Gasteiger partial charge in [0.25, 0.3) is 5.91 Å². The van der Waals surface area contributed by atoms with Gasteiger partial charge in [0.2, 0.25) is 0 Å². The predicted octanol–water partition coefficient (Wildman–Crippen LogP) is 3.81. The molecule has 0 fully saturated rings. The number of primary amides is 1. The van der Waals surface area contributed by atoms with Crippen molar-refractivity contribution in [1.82, 2.24) is 9.78 Å². The SMILES string of the molecule is CC(C)C(c1ccc(OC(F)(F)F)cc1)n1nc(CC(F)(F)F)c(C(N)=O)c1N. The predicted molar refractivity (Wildman–Crippen MR) is 91.0 cm³/mol. The third-order valence-corrected chi connectivity index (χ3v) is 3.98. The number of halogens is 6. The van der Waals surface area contributed by atoms with E-state index in [4.69, 9.17) is 11.5 Å². The molecule has 0 radical (unpaired) electrons. The number of rotatable bonds is 6. The number of nitrogens with zero attached hydrogens (tertiary/aromatic N) is 2. The number of carbonyl (C=O) groups excluding carboxylic acids is 1. The molecule has 0 aliphatic carbocycles. The highest BCUT2D eigenvalue weighted by molar-refractivity contribution is 5.98. The summed E-state index contributed by atoms with van der Waals surface area (Å²) >= 11 is 0. The number of carbonyl (C=O) groups is 1. The lowest BCUT2D eigenvalue weighted by atomic mass is 9.96. The summed E-state index contributed by atoms with van der Waals surface area (Å²) in [6, 6.07) is 3.96. The van der Waals surface area contributed by atoms with Crippen LogP contribution in [0.25, 0.3) is 0 Å². The van der Waals surface area contributed by atoms with E-state index in [1.807, 2.05) is 0 Å². The Morgan fingerprint density at radius 2 is 1.69 bits per heavy atom. The second kappa shape index (κ2) is 7.84. The molecule has 2 aromatic rings. The first kappa shape index (κ1) is 22.4. The minimum Gasteiger partial charge on any atom is -0.406 e. The van der Waals surface area contributed by atoms with Crippen LogP contribution in [0.2, 0.25) is 0 Å². The second-order valence-corrected chi connectivity index (χ2v) is 6.61. The van der Waals surface area contributed by atoms with Gasteiger partial charge in [-0.1, -0.05) is 26.0 Å². The molecule has 12 heteroatoms. The Balaban J connectivity index is 2.51. The Hall–Kier alpha value is -2.92. The van der Waals surface area contributed by atoms with Gasteiger partial charge in [-0.3, -0.25) is 4.79 Å². The van der Waals surface area contributed by atoms with Crippen molar-refractivity contribution >= 4 is 11.7 Å². The van der Waals surface area contributed by atoms with Crippen molar-refractivity contribution in [2.75, 3.05) is 5.73 Å². The Bertz CT molecular complexity index is 872. The van der Waals surface area contributed by atoms with Gasteiger partial charge in [0, 0.05) is 0 Å². The van der Waals surface area contributed by atoms with E-state index in [9.17, 15) is 31.1 Å². The Kier molecular flexibility index (Phi) is 6.04. The molecule has 160 valence electrons. The zero-order valence-electron chi connectivity index (χ0n) is 15.3. The first-order chi connectivity index (χ1) is 13.2. The number of hydrogen-bond donors (Lipinski definition) is 2. The van der Waals surface area contributed by atoms with Crippen LogP contribution in [0.15, 0.2) is 24.3 Å². The van der Waals surface area contributed by atoms with Crippen LogP contribution >= 0.6 is 0 Å². The Labute approximate surface area is 161 Å². The number of ether oxygens (including phenoxy) is 1. The van der Waals surface area contributed by atoms with Gasteiger partial charge in [0.05, 0.1) is 18.2 Å². The highest BCUT2D eigenvalue weighted by Crippen LogP contribution is 2.34. The summed E-state index contributed by atoms with van der Waals surface area (Å²) in [5.41, 5.74) is 10.3. The Morgan fingerprint density at radius 3 is 2.10 bits per heavy atom. The first-order valence-electron chi connectivity index (χ1n) is 8.28. The van der Waals surface area contributed by atoms with Crippen LogP contribution in [0.1, 0.15) is 41.5 Å². The third-order valence-electron chi connectivity index (χ3n) is 3.98. The fraction of sp³-hybridized carbons (Fsp3) is 0.412. The van der Waals surface area contributed by atoms with Gasteiger partial charge >= 0.3 is 12.5 Å². The molecule has 2 rings (SSSR count). The van der Waals surface area contributed by atoms with Crippen LogP contribution in [0.4, 0.5) is 32.2 Å². The molecule has 0 spiro atoms. The molecular weight excluding hydrogens is 406 g/mol. The molecule has 4 N–H and O–H groups in total. The molecule has 0 saturated carbocycles. The van der Waals surface area contributed by atoms with Gasteiger partial charge in [0.1, 0.15) is 17.1 Å². The number of benzene rings is 1. The van der Waals surface area contributed by atoms with E-state index in [-0.39, 0.29) is 11.7 Å². The lowest BCUT2D eigenvalue weighted by Gasteiger charge is -2.23. The summed E-state index contributed by atoms with van der Waals surface area (Å²) in [6.07, 6.45) is -11.0. The van der Waals surface area contributed by atoms with Crippen LogP contribution in [0.3, 0.4) is 0 Å². The van der Waals surface area contributed by atoms with Gasteiger partial charge in [-0.05, 0) is 23.6 Å². The first-order valence-corrected chi connectivity index (χ1v) is 8.28. The van der Waals surface area contributed by atoms with Crippen molar-refractivity contribution in [2.45, 2.75) is 38.8 Å². The molecule has 1 atom stereocenters. The van der Waals surface area contributed by atoms with E-state index in [2.05, 4.69) is 9.84 Å².